The highest BCUT2D eigenvalue weighted by Gasteiger charge is 2.30. The van der Waals surface area contributed by atoms with E-state index in [9.17, 15) is 18.0 Å². The largest absolute Gasteiger partial charge is 0.497 e. The van der Waals surface area contributed by atoms with Crippen molar-refractivity contribution < 1.29 is 27.5 Å². The number of hydrogen-bond donors (Lipinski definition) is 0. The lowest BCUT2D eigenvalue weighted by Crippen LogP contribution is -2.35. The summed E-state index contributed by atoms with van der Waals surface area (Å²) >= 11 is 0. The summed E-state index contributed by atoms with van der Waals surface area (Å²) < 4.78 is 36.7. The van der Waals surface area contributed by atoms with Gasteiger partial charge in [0.2, 0.25) is 5.91 Å². The number of nitrogens with zero attached hydrogens (tertiary/aromatic N) is 1. The maximum Gasteiger partial charge on any atom is 0.308 e. The monoisotopic (exact) mass is 377 g/mol. The number of carbonyl (C=O) groups is 2. The van der Waals surface area contributed by atoms with Gasteiger partial charge in [0.15, 0.2) is 0 Å². The number of sulfonamides is 1. The van der Waals surface area contributed by atoms with Crippen molar-refractivity contribution in [2.75, 3.05) is 11.4 Å². The number of esters is 1. The van der Waals surface area contributed by atoms with Crippen molar-refractivity contribution in [3.8, 4) is 11.5 Å². The minimum absolute atomic E-state index is 0.0445. The molecular weight excluding hydrogens is 358 g/mol. The second kappa shape index (κ2) is 7.57. The SMILES string of the molecule is COc1ccc(S(=O)(=O)N(C(C)=O)c2ccc(OC(C)=O)cc2C)cc1. The number of rotatable bonds is 5. The Morgan fingerprint density at radius 1 is 0.962 bits per heavy atom. The van der Waals surface area contributed by atoms with Crippen LogP contribution < -0.4 is 13.8 Å². The molecule has 0 atom stereocenters. The molecule has 0 saturated heterocycles. The zero-order valence-electron chi connectivity index (χ0n) is 14.8. The topological polar surface area (TPSA) is 90.0 Å². The van der Waals surface area contributed by atoms with E-state index < -0.39 is 21.9 Å². The normalized spacial score (nSPS) is 10.9. The van der Waals surface area contributed by atoms with Gasteiger partial charge in [0, 0.05) is 13.8 Å². The molecule has 2 aromatic rings. The lowest BCUT2D eigenvalue weighted by Gasteiger charge is -2.23. The first kappa shape index (κ1) is 19.5. The average molecular weight is 377 g/mol. The summed E-state index contributed by atoms with van der Waals surface area (Å²) in [4.78, 5) is 23.1. The Balaban J connectivity index is 2.51. The van der Waals surface area contributed by atoms with Gasteiger partial charge in [-0.2, -0.15) is 0 Å². The van der Waals surface area contributed by atoms with Gasteiger partial charge in [-0.3, -0.25) is 9.59 Å². The molecule has 0 aliphatic rings. The van der Waals surface area contributed by atoms with Gasteiger partial charge in [0.1, 0.15) is 11.5 Å². The molecule has 0 spiro atoms. The van der Waals surface area contributed by atoms with E-state index in [1.54, 1.807) is 6.92 Å². The molecular formula is C18H19NO6S. The summed E-state index contributed by atoms with van der Waals surface area (Å²) in [5, 5.41) is 0. The second-order valence-corrected chi connectivity index (χ2v) is 7.29. The lowest BCUT2D eigenvalue weighted by atomic mass is 10.2. The zero-order chi connectivity index (χ0) is 19.5. The Kier molecular flexibility index (Phi) is 5.66. The summed E-state index contributed by atoms with van der Waals surface area (Å²) in [6.45, 7) is 4.06. The fourth-order valence-electron chi connectivity index (χ4n) is 2.41. The molecule has 0 radical (unpaired) electrons. The van der Waals surface area contributed by atoms with Crippen molar-refractivity contribution in [3.05, 3.63) is 48.0 Å². The van der Waals surface area contributed by atoms with Crippen LogP contribution in [0.25, 0.3) is 0 Å². The van der Waals surface area contributed by atoms with E-state index >= 15 is 0 Å². The molecule has 2 rings (SSSR count). The number of amides is 1. The van der Waals surface area contributed by atoms with Gasteiger partial charge in [-0.15, -0.1) is 0 Å². The average Bonchev–Trinajstić information content (AvgIpc) is 2.56. The van der Waals surface area contributed by atoms with Crippen molar-refractivity contribution in [1.82, 2.24) is 0 Å². The Hall–Kier alpha value is -2.87. The second-order valence-electron chi connectivity index (χ2n) is 5.51. The fraction of sp³-hybridized carbons (Fsp3) is 0.222. The molecule has 0 fully saturated rings. The van der Waals surface area contributed by atoms with E-state index in [-0.39, 0.29) is 16.3 Å². The fourth-order valence-corrected chi connectivity index (χ4v) is 3.90. The molecule has 8 heteroatoms. The van der Waals surface area contributed by atoms with E-state index in [4.69, 9.17) is 9.47 Å². The molecule has 1 amide bonds. The van der Waals surface area contributed by atoms with Crippen LogP contribution in [0, 0.1) is 6.92 Å². The number of ether oxygens (including phenoxy) is 2. The van der Waals surface area contributed by atoms with Crippen LogP contribution in [-0.2, 0) is 19.6 Å². The summed E-state index contributed by atoms with van der Waals surface area (Å²) in [5.41, 5.74) is 0.653. The van der Waals surface area contributed by atoms with Gasteiger partial charge in [-0.25, -0.2) is 12.7 Å². The Labute approximate surface area is 152 Å². The van der Waals surface area contributed by atoms with Crippen LogP contribution in [0.1, 0.15) is 19.4 Å². The molecule has 138 valence electrons. The number of methoxy groups -OCH3 is 1. The highest BCUT2D eigenvalue weighted by molar-refractivity contribution is 7.93. The third-order valence-electron chi connectivity index (χ3n) is 3.53. The van der Waals surface area contributed by atoms with Crippen molar-refractivity contribution >= 4 is 27.6 Å². The molecule has 0 N–H and O–H groups in total. The van der Waals surface area contributed by atoms with Gasteiger partial charge < -0.3 is 9.47 Å². The maximum absolute atomic E-state index is 13.0. The van der Waals surface area contributed by atoms with Crippen LogP contribution >= 0.6 is 0 Å². The first-order valence-electron chi connectivity index (χ1n) is 7.66. The van der Waals surface area contributed by atoms with E-state index in [0.717, 1.165) is 4.31 Å². The predicted molar refractivity (Wildman–Crippen MR) is 95.8 cm³/mol. The van der Waals surface area contributed by atoms with Gasteiger partial charge in [-0.05, 0) is 55.0 Å². The van der Waals surface area contributed by atoms with Crippen LogP contribution in [-0.4, -0.2) is 27.4 Å². The number of aryl methyl sites for hydroxylation is 1. The molecule has 0 aliphatic carbocycles. The molecule has 0 aliphatic heterocycles. The minimum Gasteiger partial charge on any atom is -0.497 e. The Morgan fingerprint density at radius 3 is 2.00 bits per heavy atom. The molecule has 0 unspecified atom stereocenters. The minimum atomic E-state index is -4.12. The maximum atomic E-state index is 13.0. The van der Waals surface area contributed by atoms with Gasteiger partial charge in [-0.1, -0.05) is 0 Å². The van der Waals surface area contributed by atoms with Crippen LogP contribution in [0.4, 0.5) is 5.69 Å². The van der Waals surface area contributed by atoms with E-state index in [1.165, 1.54) is 63.4 Å². The standard InChI is InChI=1S/C18H19NO6S/c1-12-11-16(25-14(3)21)7-10-18(12)19(13(2)20)26(22,23)17-8-5-15(24-4)6-9-17/h5-11H,1-4H3. The quantitative estimate of drug-likeness (QED) is 0.588. The van der Waals surface area contributed by atoms with Gasteiger partial charge >= 0.3 is 5.97 Å². The molecule has 0 saturated carbocycles. The van der Waals surface area contributed by atoms with Crippen LogP contribution in [0.5, 0.6) is 11.5 Å². The van der Waals surface area contributed by atoms with Crippen molar-refractivity contribution in [1.29, 1.82) is 0 Å². The number of benzene rings is 2. The number of anilines is 1. The number of hydrogen-bond acceptors (Lipinski definition) is 6. The molecule has 0 heterocycles. The first-order chi connectivity index (χ1) is 12.2. The Bertz CT molecular complexity index is 935. The highest BCUT2D eigenvalue weighted by atomic mass is 32.2. The third kappa shape index (κ3) is 4.02. The third-order valence-corrected chi connectivity index (χ3v) is 5.33. The summed E-state index contributed by atoms with van der Waals surface area (Å²) in [6, 6.07) is 10.1. The Morgan fingerprint density at radius 2 is 1.54 bits per heavy atom. The molecule has 7 nitrogen and oxygen atoms in total. The highest BCUT2D eigenvalue weighted by Crippen LogP contribution is 2.30. The van der Waals surface area contributed by atoms with E-state index in [0.29, 0.717) is 11.3 Å². The van der Waals surface area contributed by atoms with Crippen LogP contribution in [0.3, 0.4) is 0 Å². The van der Waals surface area contributed by atoms with Gasteiger partial charge in [0.05, 0.1) is 17.7 Å². The van der Waals surface area contributed by atoms with Crippen molar-refractivity contribution in [3.63, 3.8) is 0 Å². The van der Waals surface area contributed by atoms with E-state index in [1.807, 2.05) is 0 Å². The lowest BCUT2D eigenvalue weighted by molar-refractivity contribution is -0.131. The molecule has 2 aromatic carbocycles. The molecule has 0 aromatic heterocycles. The predicted octanol–water partition coefficient (Wildman–Crippen LogP) is 2.67. The summed E-state index contributed by atoms with van der Waals surface area (Å²) in [6.07, 6.45) is 0. The molecule has 0 bridgehead atoms. The molecule has 26 heavy (non-hydrogen) atoms. The first-order valence-corrected chi connectivity index (χ1v) is 9.10. The van der Waals surface area contributed by atoms with E-state index in [2.05, 4.69) is 0 Å². The zero-order valence-corrected chi connectivity index (χ0v) is 15.7. The smallest absolute Gasteiger partial charge is 0.308 e. The van der Waals surface area contributed by atoms with Crippen molar-refractivity contribution in [2.45, 2.75) is 25.7 Å². The van der Waals surface area contributed by atoms with Crippen LogP contribution in [0.15, 0.2) is 47.4 Å². The van der Waals surface area contributed by atoms with Crippen LogP contribution in [0.2, 0.25) is 0 Å². The van der Waals surface area contributed by atoms with Crippen molar-refractivity contribution in [2.24, 2.45) is 0 Å². The number of carbonyl (C=O) groups excluding carboxylic acids is 2. The summed E-state index contributed by atoms with van der Waals surface area (Å²) in [5.74, 6) is -0.389. The van der Waals surface area contributed by atoms with Gasteiger partial charge in [0.25, 0.3) is 10.0 Å². The summed E-state index contributed by atoms with van der Waals surface area (Å²) in [7, 11) is -2.64.